The van der Waals surface area contributed by atoms with Gasteiger partial charge in [-0.3, -0.25) is 9.69 Å². The van der Waals surface area contributed by atoms with Crippen LogP contribution in [0, 0.1) is 0 Å². The summed E-state index contributed by atoms with van der Waals surface area (Å²) in [5.74, 6) is -0.223. The van der Waals surface area contributed by atoms with Crippen molar-refractivity contribution in [3.05, 3.63) is 0 Å². The summed E-state index contributed by atoms with van der Waals surface area (Å²) < 4.78 is 10.8. The van der Waals surface area contributed by atoms with Gasteiger partial charge in [-0.25, -0.2) is 0 Å². The van der Waals surface area contributed by atoms with Gasteiger partial charge in [-0.15, -0.1) is 0 Å². The number of aliphatic imine (C=N–C) groups is 1. The number of amidine groups is 1. The summed E-state index contributed by atoms with van der Waals surface area (Å²) in [4.78, 5) is 16.5. The predicted molar refractivity (Wildman–Crippen MR) is 50.4 cm³/mol. The lowest BCUT2D eigenvalue weighted by molar-refractivity contribution is -0.119. The lowest BCUT2D eigenvalue weighted by Gasteiger charge is -2.24. The van der Waals surface area contributed by atoms with Crippen LogP contribution < -0.4 is 0 Å². The third kappa shape index (κ3) is 1.25. The molecule has 16 heavy (non-hydrogen) atoms. The van der Waals surface area contributed by atoms with Gasteiger partial charge in [0.15, 0.2) is 12.3 Å². The number of carbonyl (C=O) groups is 1. The number of aliphatic hydroxyl groups excluding tert-OH is 2. The largest absolute Gasteiger partial charge is 0.454 e. The number of fused-ring (bicyclic) bond motifs is 3. The summed E-state index contributed by atoms with van der Waals surface area (Å²) in [6, 6.07) is 0.224. The Morgan fingerprint density at radius 2 is 2.38 bits per heavy atom. The molecule has 4 atom stereocenters. The minimum absolute atomic E-state index is 0.223. The fraction of sp³-hybridized carbons (Fsp3) is 0.778. The van der Waals surface area contributed by atoms with Crippen LogP contribution in [0.4, 0.5) is 0 Å². The van der Waals surface area contributed by atoms with Crippen molar-refractivity contribution in [3.8, 4) is 0 Å². The van der Waals surface area contributed by atoms with Crippen LogP contribution in [0.25, 0.3) is 0 Å². The minimum Gasteiger partial charge on any atom is -0.454 e. The summed E-state index contributed by atoms with van der Waals surface area (Å²) in [7, 11) is 0. The number of nitrogens with zero attached hydrogens (tertiary/aromatic N) is 2. The molecule has 0 spiro atoms. The monoisotopic (exact) mass is 228 g/mol. The summed E-state index contributed by atoms with van der Waals surface area (Å²) in [6.45, 7) is 0.223. The van der Waals surface area contributed by atoms with Gasteiger partial charge in [-0.1, -0.05) is 0 Å². The Morgan fingerprint density at radius 3 is 3.12 bits per heavy atom. The molecule has 2 fully saturated rings. The third-order valence-corrected chi connectivity index (χ3v) is 3.07. The van der Waals surface area contributed by atoms with Gasteiger partial charge in [0.1, 0.15) is 12.2 Å². The molecule has 0 saturated carbocycles. The van der Waals surface area contributed by atoms with Gasteiger partial charge in [-0.2, -0.15) is 4.99 Å². The van der Waals surface area contributed by atoms with E-state index < -0.39 is 24.5 Å². The van der Waals surface area contributed by atoms with Crippen LogP contribution in [-0.4, -0.2) is 64.7 Å². The molecule has 0 aromatic carbocycles. The number of ether oxygens (including phenoxy) is 2. The molecule has 3 aliphatic heterocycles. The topological polar surface area (TPSA) is 91.6 Å². The van der Waals surface area contributed by atoms with E-state index in [1.54, 1.807) is 4.90 Å². The quantitative estimate of drug-likeness (QED) is 0.542. The van der Waals surface area contributed by atoms with Gasteiger partial charge >= 0.3 is 0 Å². The second-order valence-corrected chi connectivity index (χ2v) is 4.05. The zero-order valence-electron chi connectivity index (χ0n) is 8.44. The van der Waals surface area contributed by atoms with E-state index in [9.17, 15) is 9.90 Å². The Labute approximate surface area is 91.3 Å². The first-order valence-corrected chi connectivity index (χ1v) is 5.20. The fourth-order valence-corrected chi connectivity index (χ4v) is 2.24. The van der Waals surface area contributed by atoms with E-state index in [0.29, 0.717) is 13.0 Å². The molecule has 0 aromatic heterocycles. The molecular formula is C9H12N2O5. The van der Waals surface area contributed by atoms with Gasteiger partial charge in [-0.05, 0) is 0 Å². The maximum Gasteiger partial charge on any atom is 0.297 e. The number of hydrogen-bond acceptors (Lipinski definition) is 6. The molecule has 2 unspecified atom stereocenters. The van der Waals surface area contributed by atoms with Gasteiger partial charge in [0.2, 0.25) is 0 Å². The highest BCUT2D eigenvalue weighted by Crippen LogP contribution is 2.33. The summed E-state index contributed by atoms with van der Waals surface area (Å²) in [5.41, 5.74) is 0. The van der Waals surface area contributed by atoms with E-state index in [1.807, 2.05) is 0 Å². The summed E-state index contributed by atoms with van der Waals surface area (Å²) in [5, 5.41) is 18.8. The van der Waals surface area contributed by atoms with E-state index in [-0.39, 0.29) is 18.5 Å². The highest BCUT2D eigenvalue weighted by Gasteiger charge is 2.54. The van der Waals surface area contributed by atoms with Crippen LogP contribution in [0.1, 0.15) is 6.42 Å². The Balaban J connectivity index is 1.85. The number of hydrogen-bond donors (Lipinski definition) is 2. The molecule has 2 N–H and O–H groups in total. The van der Waals surface area contributed by atoms with Crippen molar-refractivity contribution in [2.24, 2.45) is 4.99 Å². The summed E-state index contributed by atoms with van der Waals surface area (Å²) in [6.07, 6.45) is -2.22. The van der Waals surface area contributed by atoms with E-state index in [2.05, 4.69) is 4.99 Å². The van der Waals surface area contributed by atoms with Crippen LogP contribution in [0.15, 0.2) is 4.99 Å². The standard InChI is InChI=1S/C9H12N2O5/c12-3-4-6(14)7-8(15-4)11-2-1-5(13)10-9(11)16-7/h4,6-8,12,14H,1-3H2/t4-,6?,7?,8-/m0/s1. The Kier molecular flexibility index (Phi) is 2.13. The summed E-state index contributed by atoms with van der Waals surface area (Å²) >= 11 is 0. The second kappa shape index (κ2) is 3.41. The van der Waals surface area contributed by atoms with E-state index in [1.165, 1.54) is 0 Å². The van der Waals surface area contributed by atoms with E-state index in [0.717, 1.165) is 0 Å². The van der Waals surface area contributed by atoms with Crippen molar-refractivity contribution in [2.45, 2.75) is 31.0 Å². The number of amides is 1. The first-order valence-electron chi connectivity index (χ1n) is 5.20. The molecule has 0 aromatic rings. The van der Waals surface area contributed by atoms with Crippen molar-refractivity contribution in [1.29, 1.82) is 0 Å². The molecule has 3 rings (SSSR count). The van der Waals surface area contributed by atoms with Crippen molar-refractivity contribution in [1.82, 2.24) is 4.90 Å². The smallest absolute Gasteiger partial charge is 0.297 e. The average molecular weight is 228 g/mol. The van der Waals surface area contributed by atoms with Crippen molar-refractivity contribution < 1.29 is 24.5 Å². The highest BCUT2D eigenvalue weighted by molar-refractivity contribution is 5.93. The molecule has 0 radical (unpaired) electrons. The molecule has 1 amide bonds. The van der Waals surface area contributed by atoms with Crippen molar-refractivity contribution in [2.75, 3.05) is 13.2 Å². The zero-order valence-corrected chi connectivity index (χ0v) is 8.44. The highest BCUT2D eigenvalue weighted by atomic mass is 16.6. The molecule has 7 nitrogen and oxygen atoms in total. The molecule has 3 heterocycles. The fourth-order valence-electron chi connectivity index (χ4n) is 2.24. The molecular weight excluding hydrogens is 216 g/mol. The number of rotatable bonds is 1. The lowest BCUT2D eigenvalue weighted by Crippen LogP contribution is -2.40. The SMILES string of the molecule is O=C1CCN2C(=N1)OC1C(O)[C@H](CO)O[C@@H]12. The first kappa shape index (κ1) is 10.0. The van der Waals surface area contributed by atoms with E-state index >= 15 is 0 Å². The van der Waals surface area contributed by atoms with Crippen LogP contribution in [0.5, 0.6) is 0 Å². The number of aliphatic hydroxyl groups is 2. The van der Waals surface area contributed by atoms with E-state index in [4.69, 9.17) is 14.6 Å². The third-order valence-electron chi connectivity index (χ3n) is 3.07. The van der Waals surface area contributed by atoms with Crippen LogP contribution in [0.3, 0.4) is 0 Å². The van der Waals surface area contributed by atoms with Gasteiger partial charge in [0, 0.05) is 13.0 Å². The lowest BCUT2D eigenvalue weighted by atomic mass is 10.1. The average Bonchev–Trinajstić information content (AvgIpc) is 2.75. The Hall–Kier alpha value is -1.18. The molecule has 0 bridgehead atoms. The second-order valence-electron chi connectivity index (χ2n) is 4.05. The van der Waals surface area contributed by atoms with Crippen LogP contribution in [0.2, 0.25) is 0 Å². The van der Waals surface area contributed by atoms with Crippen molar-refractivity contribution >= 4 is 11.9 Å². The minimum atomic E-state index is -0.890. The van der Waals surface area contributed by atoms with Crippen LogP contribution in [-0.2, 0) is 14.3 Å². The number of carbonyl (C=O) groups excluding carboxylic acids is 1. The first-order chi connectivity index (χ1) is 7.70. The molecule has 2 saturated heterocycles. The Morgan fingerprint density at radius 1 is 1.56 bits per heavy atom. The molecule has 7 heteroatoms. The van der Waals surface area contributed by atoms with Crippen molar-refractivity contribution in [3.63, 3.8) is 0 Å². The van der Waals surface area contributed by atoms with Gasteiger partial charge < -0.3 is 19.7 Å². The zero-order chi connectivity index (χ0) is 11.3. The van der Waals surface area contributed by atoms with Crippen LogP contribution >= 0.6 is 0 Å². The Bertz CT molecular complexity index is 358. The maximum absolute atomic E-state index is 11.1. The predicted octanol–water partition coefficient (Wildman–Crippen LogP) is -1.95. The van der Waals surface area contributed by atoms with Gasteiger partial charge in [0.05, 0.1) is 6.61 Å². The van der Waals surface area contributed by atoms with Gasteiger partial charge in [0.25, 0.3) is 11.9 Å². The molecule has 0 aliphatic carbocycles. The maximum atomic E-state index is 11.1. The normalized spacial score (nSPS) is 41.5. The molecule has 88 valence electrons. The molecule has 3 aliphatic rings.